The minimum Gasteiger partial charge on any atom is -0.478 e. The Kier molecular flexibility index (Phi) is 9.13. The number of nitrogens with zero attached hydrogens (tertiary/aromatic N) is 4. The van der Waals surface area contributed by atoms with Crippen LogP contribution < -0.4 is 9.04 Å². The number of carbonyl (C=O) groups is 2. The maximum absolute atomic E-state index is 14.0. The highest BCUT2D eigenvalue weighted by molar-refractivity contribution is 7.93. The Hall–Kier alpha value is -4.32. The van der Waals surface area contributed by atoms with Crippen LogP contribution in [-0.2, 0) is 24.3 Å². The van der Waals surface area contributed by atoms with Gasteiger partial charge >= 0.3 is 12.1 Å². The van der Waals surface area contributed by atoms with E-state index in [1.165, 1.54) is 44.8 Å². The van der Waals surface area contributed by atoms with Gasteiger partial charge in [-0.3, -0.25) is 4.98 Å². The Morgan fingerprint density at radius 1 is 1.08 bits per heavy atom. The predicted molar refractivity (Wildman–Crippen MR) is 140 cm³/mol. The molecule has 0 radical (unpaired) electrons. The number of esters is 1. The minimum absolute atomic E-state index is 0.0209. The van der Waals surface area contributed by atoms with Crippen molar-refractivity contribution in [1.29, 1.82) is 0 Å². The average molecular weight is 541 g/mol. The Balaban J connectivity index is 2.12. The third-order valence-corrected chi connectivity index (χ3v) is 6.71. The number of rotatable bonds is 9. The molecule has 11 nitrogen and oxygen atoms in total. The number of aryl methyl sites for hydroxylation is 1. The molecule has 0 fully saturated rings. The van der Waals surface area contributed by atoms with Crippen molar-refractivity contribution in [3.8, 4) is 17.1 Å². The zero-order chi connectivity index (χ0) is 27.9. The van der Waals surface area contributed by atoms with Crippen LogP contribution in [0.25, 0.3) is 17.3 Å². The van der Waals surface area contributed by atoms with E-state index in [0.717, 1.165) is 0 Å². The largest absolute Gasteiger partial charge is 0.478 e. The second-order valence-corrected chi connectivity index (χ2v) is 10.2. The summed E-state index contributed by atoms with van der Waals surface area (Å²) in [5.74, 6) is -1.06. The summed E-state index contributed by atoms with van der Waals surface area (Å²) in [7, 11) is -2.05. The van der Waals surface area contributed by atoms with Crippen LogP contribution in [-0.4, -0.2) is 56.3 Å². The summed E-state index contributed by atoms with van der Waals surface area (Å²) in [6.07, 6.45) is 4.42. The number of pyridine rings is 1. The van der Waals surface area contributed by atoms with E-state index in [4.69, 9.17) is 9.47 Å². The fourth-order valence-electron chi connectivity index (χ4n) is 3.22. The summed E-state index contributed by atoms with van der Waals surface area (Å²) >= 11 is 0. The molecule has 0 saturated heterocycles. The van der Waals surface area contributed by atoms with Gasteiger partial charge in [-0.25, -0.2) is 28.0 Å². The van der Waals surface area contributed by atoms with Gasteiger partial charge < -0.3 is 14.2 Å². The summed E-state index contributed by atoms with van der Waals surface area (Å²) < 4.78 is 43.7. The van der Waals surface area contributed by atoms with E-state index >= 15 is 0 Å². The molecule has 200 valence electrons. The molecule has 0 aliphatic heterocycles. The topological polar surface area (TPSA) is 138 Å². The fourth-order valence-corrected chi connectivity index (χ4v) is 4.68. The van der Waals surface area contributed by atoms with Gasteiger partial charge in [0.25, 0.3) is 15.9 Å². The van der Waals surface area contributed by atoms with Gasteiger partial charge in [-0.15, -0.1) is 4.31 Å². The molecule has 1 aromatic carbocycles. The molecule has 2 aromatic heterocycles. The standard InChI is InChI=1S/C26H28N4O7S/c1-17(2)16-37-26(32)30(24-25(36-5)29-18(3)15-28-24)38(33,34)21-7-6-14-27-23(21)20-11-8-19(9-12-20)10-13-22(31)35-4/h6-15,17H,16H2,1-5H3/b13-10+. The van der Waals surface area contributed by atoms with Crippen LogP contribution >= 0.6 is 0 Å². The van der Waals surface area contributed by atoms with Gasteiger partial charge in [-0.2, -0.15) is 0 Å². The van der Waals surface area contributed by atoms with Crippen LogP contribution in [0.4, 0.5) is 10.6 Å². The fraction of sp³-hybridized carbons (Fsp3) is 0.269. The molecular weight excluding hydrogens is 512 g/mol. The monoisotopic (exact) mass is 540 g/mol. The maximum Gasteiger partial charge on any atom is 0.430 e. The van der Waals surface area contributed by atoms with Crippen molar-refractivity contribution in [2.24, 2.45) is 5.92 Å². The second-order valence-electron chi connectivity index (χ2n) is 8.41. The van der Waals surface area contributed by atoms with E-state index in [-0.39, 0.29) is 34.8 Å². The lowest BCUT2D eigenvalue weighted by Gasteiger charge is -2.23. The van der Waals surface area contributed by atoms with Crippen molar-refractivity contribution in [2.45, 2.75) is 25.7 Å². The van der Waals surface area contributed by atoms with E-state index in [1.807, 2.05) is 13.8 Å². The summed E-state index contributed by atoms with van der Waals surface area (Å²) in [5, 5.41) is 0. The quantitative estimate of drug-likeness (QED) is 0.289. The van der Waals surface area contributed by atoms with Crippen molar-refractivity contribution in [3.05, 3.63) is 66.1 Å². The average Bonchev–Trinajstić information content (AvgIpc) is 2.91. The van der Waals surface area contributed by atoms with E-state index < -0.39 is 22.1 Å². The molecular formula is C26H28N4O7S. The lowest BCUT2D eigenvalue weighted by atomic mass is 10.1. The van der Waals surface area contributed by atoms with Crippen molar-refractivity contribution in [3.63, 3.8) is 0 Å². The van der Waals surface area contributed by atoms with Crippen molar-refractivity contribution in [2.75, 3.05) is 25.1 Å². The van der Waals surface area contributed by atoms with E-state index in [1.54, 1.807) is 37.3 Å². The Bertz CT molecular complexity index is 1440. The number of hydrogen-bond donors (Lipinski definition) is 0. The van der Waals surface area contributed by atoms with Gasteiger partial charge in [0.2, 0.25) is 5.82 Å². The predicted octanol–water partition coefficient (Wildman–Crippen LogP) is 4.03. The van der Waals surface area contributed by atoms with Gasteiger partial charge in [-0.1, -0.05) is 38.1 Å². The van der Waals surface area contributed by atoms with E-state index in [9.17, 15) is 18.0 Å². The van der Waals surface area contributed by atoms with Crippen molar-refractivity contribution < 1.29 is 32.2 Å². The zero-order valence-corrected chi connectivity index (χ0v) is 22.4. The molecule has 0 bridgehead atoms. The lowest BCUT2D eigenvalue weighted by molar-refractivity contribution is -0.134. The molecule has 0 aliphatic rings. The molecule has 12 heteroatoms. The molecule has 0 aliphatic carbocycles. The molecule has 2 heterocycles. The second kappa shape index (κ2) is 12.3. The Morgan fingerprint density at radius 2 is 1.79 bits per heavy atom. The zero-order valence-electron chi connectivity index (χ0n) is 21.6. The maximum atomic E-state index is 14.0. The van der Waals surface area contributed by atoms with Gasteiger partial charge in [0, 0.05) is 17.8 Å². The molecule has 38 heavy (non-hydrogen) atoms. The molecule has 0 N–H and O–H groups in total. The van der Waals surface area contributed by atoms with Gasteiger partial charge in [-0.05, 0) is 36.6 Å². The first-order valence-electron chi connectivity index (χ1n) is 11.5. The van der Waals surface area contributed by atoms with Crippen LogP contribution in [0.15, 0.2) is 59.8 Å². The summed E-state index contributed by atoms with van der Waals surface area (Å²) in [6, 6.07) is 9.43. The minimum atomic E-state index is -4.62. The van der Waals surface area contributed by atoms with E-state index in [0.29, 0.717) is 21.1 Å². The van der Waals surface area contributed by atoms with Gasteiger partial charge in [0.05, 0.1) is 38.4 Å². The molecule has 1 amide bonds. The third-order valence-electron chi connectivity index (χ3n) is 5.02. The Labute approximate surface area is 221 Å². The number of methoxy groups -OCH3 is 2. The van der Waals surface area contributed by atoms with Crippen LogP contribution in [0.1, 0.15) is 25.1 Å². The summed E-state index contributed by atoms with van der Waals surface area (Å²) in [6.45, 7) is 5.27. The molecule has 3 rings (SSSR count). The van der Waals surface area contributed by atoms with Gasteiger partial charge in [0.15, 0.2) is 0 Å². The first-order valence-corrected chi connectivity index (χ1v) is 12.9. The normalized spacial score (nSPS) is 11.4. The first-order chi connectivity index (χ1) is 18.1. The number of ether oxygens (including phenoxy) is 3. The molecule has 0 atom stereocenters. The van der Waals surface area contributed by atoms with Crippen LogP contribution in [0.3, 0.4) is 0 Å². The highest BCUT2D eigenvalue weighted by atomic mass is 32.2. The molecule has 0 unspecified atom stereocenters. The number of carbonyl (C=O) groups excluding carboxylic acids is 2. The SMILES string of the molecule is COC(=O)/C=C/c1ccc(-c2ncccc2S(=O)(=O)N(C(=O)OCC(C)C)c2ncc(C)nc2OC)cc1. The summed E-state index contributed by atoms with van der Waals surface area (Å²) in [5.41, 5.74) is 1.69. The highest BCUT2D eigenvalue weighted by Gasteiger charge is 2.38. The molecule has 3 aromatic rings. The molecule has 0 saturated carbocycles. The van der Waals surface area contributed by atoms with E-state index in [2.05, 4.69) is 19.7 Å². The number of amides is 1. The van der Waals surface area contributed by atoms with Gasteiger partial charge in [0.1, 0.15) is 4.90 Å². The number of aromatic nitrogens is 3. The van der Waals surface area contributed by atoms with Crippen molar-refractivity contribution >= 4 is 34.0 Å². The van der Waals surface area contributed by atoms with Crippen molar-refractivity contribution in [1.82, 2.24) is 15.0 Å². The van der Waals surface area contributed by atoms with Crippen LogP contribution in [0.5, 0.6) is 5.88 Å². The number of hydrogen-bond acceptors (Lipinski definition) is 10. The lowest BCUT2D eigenvalue weighted by Crippen LogP contribution is -2.39. The number of anilines is 1. The molecule has 0 spiro atoms. The number of sulfonamides is 1. The Morgan fingerprint density at radius 3 is 2.42 bits per heavy atom. The van der Waals surface area contributed by atoms with Crippen LogP contribution in [0.2, 0.25) is 0 Å². The number of benzene rings is 1. The first kappa shape index (κ1) is 28.3. The summed E-state index contributed by atoms with van der Waals surface area (Å²) in [4.78, 5) is 36.9. The highest BCUT2D eigenvalue weighted by Crippen LogP contribution is 2.33. The van der Waals surface area contributed by atoms with Crippen LogP contribution in [0, 0.1) is 12.8 Å². The third kappa shape index (κ3) is 6.51. The smallest absolute Gasteiger partial charge is 0.430 e.